The molecule has 1 nitrogen and oxygen atoms in total. The zero-order valence-electron chi connectivity index (χ0n) is 11.0. The van der Waals surface area contributed by atoms with Crippen molar-refractivity contribution in [3.8, 4) is 0 Å². The molecule has 94 valence electrons. The van der Waals surface area contributed by atoms with Crippen LogP contribution in [-0.4, -0.2) is 0 Å². The molecular weight excluding hydrogens is 206 g/mol. The quantitative estimate of drug-likeness (QED) is 0.740. The van der Waals surface area contributed by atoms with Gasteiger partial charge >= 0.3 is 0 Å². The van der Waals surface area contributed by atoms with Crippen LogP contribution in [0.2, 0.25) is 0 Å². The Labute approximate surface area is 106 Å². The van der Waals surface area contributed by atoms with Gasteiger partial charge in [-0.25, -0.2) is 0 Å². The first kappa shape index (κ1) is 12.5. The van der Waals surface area contributed by atoms with E-state index in [0.29, 0.717) is 5.41 Å². The molecule has 0 radical (unpaired) electrons. The fourth-order valence-electron chi connectivity index (χ4n) is 3.19. The van der Waals surface area contributed by atoms with Crippen LogP contribution in [0.3, 0.4) is 0 Å². The normalized spacial score (nSPS) is 22.8. The maximum absolute atomic E-state index is 3.52. The Balaban J connectivity index is 2.16. The van der Waals surface area contributed by atoms with Crippen LogP contribution in [0.5, 0.6) is 0 Å². The van der Waals surface area contributed by atoms with Crippen molar-refractivity contribution in [2.24, 2.45) is 5.41 Å². The summed E-state index contributed by atoms with van der Waals surface area (Å²) >= 11 is 0. The molecule has 1 aliphatic heterocycles. The van der Waals surface area contributed by atoms with Gasteiger partial charge in [0, 0.05) is 17.3 Å². The molecule has 2 aliphatic rings. The maximum atomic E-state index is 3.52. The summed E-state index contributed by atoms with van der Waals surface area (Å²) in [7, 11) is 0. The molecule has 1 N–H and O–H groups in total. The van der Waals surface area contributed by atoms with E-state index < -0.39 is 0 Å². The third-order valence-electron chi connectivity index (χ3n) is 4.21. The Hall–Kier alpha value is -0.980. The molecule has 0 amide bonds. The molecule has 1 saturated carbocycles. The maximum Gasteiger partial charge on any atom is 0.0209 e. The number of nitrogens with one attached hydrogen (secondary N) is 1. The lowest BCUT2D eigenvalue weighted by atomic mass is 9.68. The SMILES string of the molecule is CCCCC1(C2=CC=CC=CN2)CCCCC1. The second kappa shape index (κ2) is 6.09. The molecule has 0 atom stereocenters. The van der Waals surface area contributed by atoms with E-state index in [-0.39, 0.29) is 0 Å². The van der Waals surface area contributed by atoms with Gasteiger partial charge in [-0.3, -0.25) is 0 Å². The zero-order chi connectivity index (χ0) is 12.0. The van der Waals surface area contributed by atoms with Gasteiger partial charge in [0.05, 0.1) is 0 Å². The largest absolute Gasteiger partial charge is 0.365 e. The standard InChI is InChI=1S/C16H25N/c1-2-3-11-16(12-7-5-8-13-16)15-10-6-4-9-14-17-15/h4,6,9-10,14,17H,2-3,5,7-8,11-13H2,1H3. The number of hydrogen-bond donors (Lipinski definition) is 1. The van der Waals surface area contributed by atoms with Crippen LogP contribution in [0.25, 0.3) is 0 Å². The van der Waals surface area contributed by atoms with Crippen LogP contribution in [0.15, 0.2) is 36.2 Å². The van der Waals surface area contributed by atoms with E-state index in [0.717, 1.165) is 0 Å². The van der Waals surface area contributed by atoms with E-state index in [2.05, 4.69) is 42.7 Å². The minimum absolute atomic E-state index is 0.438. The molecule has 0 aromatic rings. The number of unbranched alkanes of at least 4 members (excludes halogenated alkanes) is 1. The summed E-state index contributed by atoms with van der Waals surface area (Å²) in [5.41, 5.74) is 1.89. The van der Waals surface area contributed by atoms with Gasteiger partial charge in [0.15, 0.2) is 0 Å². The molecular formula is C16H25N. The third-order valence-corrected chi connectivity index (χ3v) is 4.21. The molecule has 0 aromatic carbocycles. The van der Waals surface area contributed by atoms with E-state index in [1.165, 1.54) is 57.1 Å². The summed E-state index contributed by atoms with van der Waals surface area (Å²) in [5, 5.41) is 3.52. The average Bonchev–Trinajstić information content (AvgIpc) is 2.67. The van der Waals surface area contributed by atoms with E-state index >= 15 is 0 Å². The van der Waals surface area contributed by atoms with Crippen molar-refractivity contribution in [1.82, 2.24) is 5.32 Å². The van der Waals surface area contributed by atoms with Crippen molar-refractivity contribution in [2.45, 2.75) is 58.3 Å². The molecule has 0 bridgehead atoms. The van der Waals surface area contributed by atoms with Gasteiger partial charge in [0.1, 0.15) is 0 Å². The molecule has 1 fully saturated rings. The van der Waals surface area contributed by atoms with Crippen molar-refractivity contribution in [3.05, 3.63) is 36.2 Å². The Kier molecular flexibility index (Phi) is 4.47. The van der Waals surface area contributed by atoms with Gasteiger partial charge < -0.3 is 5.32 Å². The molecule has 0 saturated heterocycles. The highest BCUT2D eigenvalue weighted by Gasteiger charge is 2.34. The lowest BCUT2D eigenvalue weighted by Gasteiger charge is -2.39. The third kappa shape index (κ3) is 3.02. The molecule has 0 spiro atoms. The minimum Gasteiger partial charge on any atom is -0.365 e. The van der Waals surface area contributed by atoms with Crippen LogP contribution >= 0.6 is 0 Å². The predicted octanol–water partition coefficient (Wildman–Crippen LogP) is 4.68. The Morgan fingerprint density at radius 2 is 1.94 bits per heavy atom. The van der Waals surface area contributed by atoms with Gasteiger partial charge in [-0.2, -0.15) is 0 Å². The van der Waals surface area contributed by atoms with Crippen molar-refractivity contribution in [1.29, 1.82) is 0 Å². The summed E-state index contributed by atoms with van der Waals surface area (Å²) < 4.78 is 0. The number of hydrogen-bond acceptors (Lipinski definition) is 1. The smallest absolute Gasteiger partial charge is 0.0209 e. The number of rotatable bonds is 4. The monoisotopic (exact) mass is 231 g/mol. The van der Waals surface area contributed by atoms with Gasteiger partial charge in [-0.1, -0.05) is 51.2 Å². The van der Waals surface area contributed by atoms with Gasteiger partial charge in [0.25, 0.3) is 0 Å². The Morgan fingerprint density at radius 1 is 1.12 bits per heavy atom. The van der Waals surface area contributed by atoms with Crippen LogP contribution in [0, 0.1) is 5.41 Å². The summed E-state index contributed by atoms with van der Waals surface area (Å²) in [6, 6.07) is 0. The lowest BCUT2D eigenvalue weighted by Crippen LogP contribution is -2.32. The van der Waals surface area contributed by atoms with E-state index in [4.69, 9.17) is 0 Å². The van der Waals surface area contributed by atoms with E-state index in [1.807, 2.05) is 0 Å². The first-order chi connectivity index (χ1) is 8.37. The van der Waals surface area contributed by atoms with Crippen LogP contribution < -0.4 is 5.32 Å². The molecule has 0 unspecified atom stereocenters. The van der Waals surface area contributed by atoms with Gasteiger partial charge in [-0.15, -0.1) is 0 Å². The summed E-state index contributed by atoms with van der Waals surface area (Å²) in [5.74, 6) is 0. The van der Waals surface area contributed by atoms with Crippen LogP contribution in [0.1, 0.15) is 58.3 Å². The summed E-state index contributed by atoms with van der Waals surface area (Å²) in [4.78, 5) is 0. The lowest BCUT2D eigenvalue weighted by molar-refractivity contribution is 0.208. The second-order valence-corrected chi connectivity index (χ2v) is 5.41. The topological polar surface area (TPSA) is 12.0 Å². The zero-order valence-corrected chi connectivity index (χ0v) is 11.0. The van der Waals surface area contributed by atoms with Crippen LogP contribution in [0.4, 0.5) is 0 Å². The summed E-state index contributed by atoms with van der Waals surface area (Å²) in [6.07, 6.45) is 21.7. The minimum atomic E-state index is 0.438. The molecule has 0 aromatic heterocycles. The molecule has 1 heterocycles. The molecule has 1 aliphatic carbocycles. The fourth-order valence-corrected chi connectivity index (χ4v) is 3.19. The molecule has 1 heteroatoms. The highest BCUT2D eigenvalue weighted by Crippen LogP contribution is 2.45. The van der Waals surface area contributed by atoms with Crippen LogP contribution in [-0.2, 0) is 0 Å². The fraction of sp³-hybridized carbons (Fsp3) is 0.625. The highest BCUT2D eigenvalue weighted by atomic mass is 14.9. The first-order valence-electron chi connectivity index (χ1n) is 7.18. The molecule has 17 heavy (non-hydrogen) atoms. The van der Waals surface area contributed by atoms with Crippen molar-refractivity contribution >= 4 is 0 Å². The second-order valence-electron chi connectivity index (χ2n) is 5.41. The van der Waals surface area contributed by atoms with Crippen molar-refractivity contribution in [2.75, 3.05) is 0 Å². The van der Waals surface area contributed by atoms with Gasteiger partial charge in [0.2, 0.25) is 0 Å². The molecule has 2 rings (SSSR count). The summed E-state index contributed by atoms with van der Waals surface area (Å²) in [6.45, 7) is 2.30. The van der Waals surface area contributed by atoms with Crippen molar-refractivity contribution < 1.29 is 0 Å². The Morgan fingerprint density at radius 3 is 2.71 bits per heavy atom. The van der Waals surface area contributed by atoms with Gasteiger partial charge in [-0.05, 0) is 31.4 Å². The first-order valence-corrected chi connectivity index (χ1v) is 7.18. The number of allylic oxidation sites excluding steroid dienone is 5. The Bertz CT molecular complexity index is 316. The average molecular weight is 231 g/mol. The predicted molar refractivity (Wildman–Crippen MR) is 74.5 cm³/mol. The van der Waals surface area contributed by atoms with Crippen molar-refractivity contribution in [3.63, 3.8) is 0 Å². The highest BCUT2D eigenvalue weighted by molar-refractivity contribution is 5.26. The van der Waals surface area contributed by atoms with E-state index in [1.54, 1.807) is 0 Å². The van der Waals surface area contributed by atoms with E-state index in [9.17, 15) is 0 Å².